The zero-order chi connectivity index (χ0) is 29.7. The third-order valence-corrected chi connectivity index (χ3v) is 6.09. The van der Waals surface area contributed by atoms with Gasteiger partial charge in [-0.25, -0.2) is 9.78 Å². The number of aromatic hydroxyl groups is 1. The zero-order valence-corrected chi connectivity index (χ0v) is 22.5. The van der Waals surface area contributed by atoms with E-state index in [1.165, 1.54) is 24.7 Å². The number of carbonyl (C=O) groups excluding carboxylic acids is 3. The average Bonchev–Trinajstić information content (AvgIpc) is 3.42. The van der Waals surface area contributed by atoms with E-state index in [9.17, 15) is 29.4 Å². The van der Waals surface area contributed by atoms with Crippen molar-refractivity contribution in [1.82, 2.24) is 25.9 Å². The molecule has 0 aliphatic carbocycles. The van der Waals surface area contributed by atoms with Crippen molar-refractivity contribution in [3.63, 3.8) is 0 Å². The second-order valence-electron chi connectivity index (χ2n) is 8.91. The van der Waals surface area contributed by atoms with Gasteiger partial charge in [-0.1, -0.05) is 12.1 Å². The lowest BCUT2D eigenvalue weighted by Crippen LogP contribution is -2.58. The minimum absolute atomic E-state index is 0.00532. The highest BCUT2D eigenvalue weighted by Crippen LogP contribution is 2.12. The maximum absolute atomic E-state index is 13.4. The molecule has 1 aromatic heterocycles. The van der Waals surface area contributed by atoms with Crippen LogP contribution in [0.4, 0.5) is 0 Å². The number of nitrogens with zero attached hydrogens (tertiary/aromatic N) is 2. The first-order valence-corrected chi connectivity index (χ1v) is 12.9. The van der Waals surface area contributed by atoms with Crippen LogP contribution in [0.15, 0.2) is 41.8 Å². The molecule has 4 unspecified atom stereocenters. The van der Waals surface area contributed by atoms with Crippen molar-refractivity contribution in [1.29, 1.82) is 0 Å². The number of hydrogen-bond acceptors (Lipinski definition) is 9. The van der Waals surface area contributed by atoms with E-state index in [1.807, 2.05) is 0 Å². The van der Waals surface area contributed by atoms with E-state index in [4.69, 9.17) is 17.2 Å². The summed E-state index contributed by atoms with van der Waals surface area (Å²) in [7, 11) is 0. The van der Waals surface area contributed by atoms with Gasteiger partial charge in [0, 0.05) is 37.0 Å². The van der Waals surface area contributed by atoms with Crippen molar-refractivity contribution in [2.75, 3.05) is 12.3 Å². The van der Waals surface area contributed by atoms with Gasteiger partial charge < -0.3 is 48.3 Å². The molecule has 40 heavy (non-hydrogen) atoms. The predicted octanol–water partition coefficient (Wildman–Crippen LogP) is -2.25. The molecule has 218 valence electrons. The van der Waals surface area contributed by atoms with Crippen molar-refractivity contribution in [2.45, 2.75) is 49.9 Å². The molecule has 3 amide bonds. The van der Waals surface area contributed by atoms with Crippen molar-refractivity contribution in [3.8, 4) is 5.75 Å². The number of benzene rings is 1. The summed E-state index contributed by atoms with van der Waals surface area (Å²) in [6.45, 7) is 0.273. The van der Waals surface area contributed by atoms with Gasteiger partial charge in [-0.2, -0.15) is 12.6 Å². The highest BCUT2D eigenvalue weighted by Gasteiger charge is 2.30. The Balaban J connectivity index is 2.22. The number of carboxylic acids is 1. The van der Waals surface area contributed by atoms with Crippen LogP contribution in [0.2, 0.25) is 0 Å². The number of aliphatic carboxylic acids is 1. The molecule has 15 nitrogen and oxygen atoms in total. The number of rotatable bonds is 16. The van der Waals surface area contributed by atoms with E-state index in [0.717, 1.165) is 0 Å². The van der Waals surface area contributed by atoms with Crippen molar-refractivity contribution >= 4 is 42.3 Å². The average molecular weight is 578 g/mol. The summed E-state index contributed by atoms with van der Waals surface area (Å²) < 4.78 is 0. The number of phenols is 1. The van der Waals surface area contributed by atoms with Crippen LogP contribution in [-0.4, -0.2) is 86.3 Å². The first-order valence-electron chi connectivity index (χ1n) is 12.3. The van der Waals surface area contributed by atoms with Gasteiger partial charge in [-0.15, -0.1) is 0 Å². The molecule has 0 bridgehead atoms. The number of aliphatic imine (C=N–C) groups is 1. The summed E-state index contributed by atoms with van der Waals surface area (Å²) in [6, 6.07) is 1.37. The number of carboxylic acid groups (broad SMARTS) is 1. The van der Waals surface area contributed by atoms with Crippen molar-refractivity contribution in [3.05, 3.63) is 48.0 Å². The minimum atomic E-state index is -1.29. The Labute approximate surface area is 235 Å². The number of carbonyl (C=O) groups is 4. The number of imidazole rings is 1. The standard InChI is InChI=1S/C24H35N9O6S/c25-16(2-1-7-29-24(26)27)20(35)31-17(8-13-3-5-15(34)6-4-13)21(36)32-18(9-14-10-28-12-30-14)22(37)33-19(11-40)23(38)39/h3-6,10,12,16-19,34,40H,1-2,7-9,11,25H2,(H,28,30)(H,31,35)(H,32,36)(H,33,37)(H,38,39)(H4,26,27,29). The van der Waals surface area contributed by atoms with Gasteiger partial charge in [0.2, 0.25) is 17.7 Å². The first kappa shape index (κ1) is 31.9. The summed E-state index contributed by atoms with van der Waals surface area (Å²) >= 11 is 3.95. The van der Waals surface area contributed by atoms with E-state index in [0.29, 0.717) is 17.7 Å². The third-order valence-electron chi connectivity index (χ3n) is 5.72. The van der Waals surface area contributed by atoms with E-state index >= 15 is 0 Å². The van der Waals surface area contributed by atoms with Gasteiger partial charge in [0.15, 0.2) is 5.96 Å². The molecule has 16 heteroatoms. The normalized spacial score (nSPS) is 13.8. The van der Waals surface area contributed by atoms with Gasteiger partial charge in [-0.05, 0) is 30.5 Å². The number of phenolic OH excluding ortho intramolecular Hbond substituents is 1. The molecule has 0 aliphatic heterocycles. The SMILES string of the molecule is NC(N)=NCCCC(N)C(=O)NC(Cc1ccc(O)cc1)C(=O)NC(Cc1cnc[nH]1)C(=O)NC(CS)C(=O)O. The van der Waals surface area contributed by atoms with Crippen LogP contribution in [-0.2, 0) is 32.0 Å². The quantitative estimate of drug-likeness (QED) is 0.0443. The molecule has 2 aromatic rings. The molecule has 0 spiro atoms. The molecule has 0 aliphatic rings. The Morgan fingerprint density at radius 1 is 0.975 bits per heavy atom. The number of aromatic nitrogens is 2. The van der Waals surface area contributed by atoms with Crippen LogP contribution in [0.5, 0.6) is 5.75 Å². The summed E-state index contributed by atoms with van der Waals surface area (Å²) in [6.07, 6.45) is 3.47. The number of thiol groups is 1. The Hall–Kier alpha value is -4.31. The van der Waals surface area contributed by atoms with Gasteiger partial charge in [0.1, 0.15) is 23.9 Å². The van der Waals surface area contributed by atoms with Gasteiger partial charge in [0.25, 0.3) is 0 Å². The van der Waals surface area contributed by atoms with Gasteiger partial charge >= 0.3 is 5.97 Å². The number of H-pyrrole nitrogens is 1. The van der Waals surface area contributed by atoms with E-state index in [2.05, 4.69) is 43.5 Å². The molecule has 4 atom stereocenters. The topological polar surface area (TPSA) is 264 Å². The maximum atomic E-state index is 13.4. The lowest BCUT2D eigenvalue weighted by atomic mass is 10.0. The van der Waals surface area contributed by atoms with E-state index in [-0.39, 0.29) is 43.3 Å². The number of aromatic amines is 1. The first-order chi connectivity index (χ1) is 19.0. The number of guanidine groups is 1. The highest BCUT2D eigenvalue weighted by molar-refractivity contribution is 7.80. The van der Waals surface area contributed by atoms with Crippen LogP contribution in [0, 0.1) is 0 Å². The number of amides is 3. The fourth-order valence-electron chi connectivity index (χ4n) is 3.56. The smallest absolute Gasteiger partial charge is 0.327 e. The Morgan fingerprint density at radius 2 is 1.57 bits per heavy atom. The summed E-state index contributed by atoms with van der Waals surface area (Å²) in [4.78, 5) is 61.3. The second kappa shape index (κ2) is 15.9. The fraction of sp³-hybridized carbons (Fsp3) is 0.417. The predicted molar refractivity (Wildman–Crippen MR) is 149 cm³/mol. The van der Waals surface area contributed by atoms with Gasteiger partial charge in [0.05, 0.1) is 12.4 Å². The summed E-state index contributed by atoms with van der Waals surface area (Å²) in [5.74, 6) is -3.62. The molecule has 12 N–H and O–H groups in total. The molecule has 0 saturated carbocycles. The summed E-state index contributed by atoms with van der Waals surface area (Å²) in [5.41, 5.74) is 17.7. The monoisotopic (exact) mass is 577 g/mol. The van der Waals surface area contributed by atoms with Crippen molar-refractivity contribution < 1.29 is 29.4 Å². The molecule has 1 aromatic carbocycles. The Kier molecular flexibility index (Phi) is 12.7. The van der Waals surface area contributed by atoms with Crippen LogP contribution < -0.4 is 33.2 Å². The lowest BCUT2D eigenvalue weighted by Gasteiger charge is -2.25. The highest BCUT2D eigenvalue weighted by atomic mass is 32.1. The number of hydrogen-bond donors (Lipinski definition) is 10. The van der Waals surface area contributed by atoms with Crippen LogP contribution in [0.3, 0.4) is 0 Å². The van der Waals surface area contributed by atoms with Crippen LogP contribution in [0.25, 0.3) is 0 Å². The molecule has 0 saturated heterocycles. The Morgan fingerprint density at radius 3 is 2.12 bits per heavy atom. The van der Waals surface area contributed by atoms with E-state index < -0.39 is 47.9 Å². The van der Waals surface area contributed by atoms with Crippen LogP contribution in [0.1, 0.15) is 24.1 Å². The molecule has 2 rings (SSSR count). The molecular weight excluding hydrogens is 542 g/mol. The van der Waals surface area contributed by atoms with Crippen molar-refractivity contribution in [2.24, 2.45) is 22.2 Å². The molecule has 1 heterocycles. The number of nitrogens with two attached hydrogens (primary N) is 3. The molecular formula is C24H35N9O6S. The molecule has 0 fully saturated rings. The van der Waals surface area contributed by atoms with Crippen LogP contribution >= 0.6 is 12.6 Å². The number of nitrogens with one attached hydrogen (secondary N) is 4. The largest absolute Gasteiger partial charge is 0.508 e. The minimum Gasteiger partial charge on any atom is -0.508 e. The third kappa shape index (κ3) is 10.8. The second-order valence-corrected chi connectivity index (χ2v) is 9.28. The Bertz CT molecular complexity index is 1160. The van der Waals surface area contributed by atoms with Gasteiger partial charge in [-0.3, -0.25) is 19.4 Å². The zero-order valence-electron chi connectivity index (χ0n) is 21.6. The van der Waals surface area contributed by atoms with E-state index in [1.54, 1.807) is 12.1 Å². The molecule has 0 radical (unpaired) electrons. The maximum Gasteiger partial charge on any atom is 0.327 e. The lowest BCUT2D eigenvalue weighted by molar-refractivity contribution is -0.141. The summed E-state index contributed by atoms with van der Waals surface area (Å²) in [5, 5.41) is 26.5. The fourth-order valence-corrected chi connectivity index (χ4v) is 3.81.